The minimum Gasteiger partial charge on any atom is -0.475 e. The third-order valence-electron chi connectivity index (χ3n) is 4.53. The number of amides is 2. The van der Waals surface area contributed by atoms with Gasteiger partial charge in [0.05, 0.1) is 19.0 Å². The highest BCUT2D eigenvalue weighted by Gasteiger charge is 2.30. The van der Waals surface area contributed by atoms with Gasteiger partial charge < -0.3 is 19.7 Å². The Morgan fingerprint density at radius 3 is 2.69 bits per heavy atom. The van der Waals surface area contributed by atoms with Gasteiger partial charge in [-0.1, -0.05) is 24.3 Å². The molecule has 1 aromatic heterocycles. The highest BCUT2D eigenvalue weighted by molar-refractivity contribution is 5.84. The van der Waals surface area contributed by atoms with E-state index in [1.165, 1.54) is 19.1 Å². The highest BCUT2D eigenvalue weighted by Crippen LogP contribution is 2.32. The molecule has 0 bridgehead atoms. The first-order valence-electron chi connectivity index (χ1n) is 8.39. The summed E-state index contributed by atoms with van der Waals surface area (Å²) in [7, 11) is 0. The van der Waals surface area contributed by atoms with Crippen molar-refractivity contribution in [3.8, 4) is 0 Å². The molecule has 1 aromatic carbocycles. The summed E-state index contributed by atoms with van der Waals surface area (Å²) in [5, 5.41) is 11.6. The number of benzene rings is 1. The number of nitrogens with zero attached hydrogens (tertiary/aromatic N) is 1. The SMILES string of the molecule is CC(=O)N1CCc2ccccc2[C@@H]1CC(=O)NCc1ccc(C(=O)O)o1. The van der Waals surface area contributed by atoms with Crippen LogP contribution in [0.2, 0.25) is 0 Å². The van der Waals surface area contributed by atoms with Gasteiger partial charge in [0, 0.05) is 13.5 Å². The van der Waals surface area contributed by atoms with Crippen LogP contribution in [-0.2, 0) is 22.6 Å². The van der Waals surface area contributed by atoms with Crippen LogP contribution >= 0.6 is 0 Å². The predicted octanol–water partition coefficient (Wildman–Crippen LogP) is 2.13. The van der Waals surface area contributed by atoms with E-state index in [1.54, 1.807) is 4.90 Å². The van der Waals surface area contributed by atoms with Crippen molar-refractivity contribution in [2.75, 3.05) is 6.54 Å². The third kappa shape index (κ3) is 3.77. The maximum absolute atomic E-state index is 12.4. The van der Waals surface area contributed by atoms with E-state index in [9.17, 15) is 14.4 Å². The van der Waals surface area contributed by atoms with Gasteiger partial charge in [0.15, 0.2) is 0 Å². The van der Waals surface area contributed by atoms with Crippen molar-refractivity contribution in [3.05, 3.63) is 59.0 Å². The van der Waals surface area contributed by atoms with Crippen LogP contribution in [0.4, 0.5) is 0 Å². The molecule has 26 heavy (non-hydrogen) atoms. The summed E-state index contributed by atoms with van der Waals surface area (Å²) in [6, 6.07) is 10.4. The Hall–Kier alpha value is -3.09. The maximum Gasteiger partial charge on any atom is 0.371 e. The molecule has 0 unspecified atom stereocenters. The van der Waals surface area contributed by atoms with Crippen LogP contribution in [0.25, 0.3) is 0 Å². The van der Waals surface area contributed by atoms with Gasteiger partial charge in [-0.3, -0.25) is 9.59 Å². The van der Waals surface area contributed by atoms with Gasteiger partial charge in [-0.25, -0.2) is 4.79 Å². The van der Waals surface area contributed by atoms with E-state index >= 15 is 0 Å². The molecule has 1 aliphatic heterocycles. The lowest BCUT2D eigenvalue weighted by Crippen LogP contribution is -2.41. The second-order valence-corrected chi connectivity index (χ2v) is 6.23. The lowest BCUT2D eigenvalue weighted by Gasteiger charge is -2.36. The normalized spacial score (nSPS) is 16.0. The Labute approximate surface area is 150 Å². The van der Waals surface area contributed by atoms with Crippen molar-refractivity contribution < 1.29 is 23.9 Å². The van der Waals surface area contributed by atoms with Crippen molar-refractivity contribution in [1.82, 2.24) is 10.2 Å². The number of carboxylic acids is 1. The lowest BCUT2D eigenvalue weighted by molar-refractivity contribution is -0.133. The zero-order chi connectivity index (χ0) is 18.7. The van der Waals surface area contributed by atoms with Gasteiger partial charge in [-0.2, -0.15) is 0 Å². The first-order chi connectivity index (χ1) is 12.5. The van der Waals surface area contributed by atoms with Crippen molar-refractivity contribution in [2.45, 2.75) is 32.4 Å². The van der Waals surface area contributed by atoms with E-state index in [2.05, 4.69) is 5.32 Å². The van der Waals surface area contributed by atoms with Gasteiger partial charge in [0.2, 0.25) is 17.6 Å². The Morgan fingerprint density at radius 1 is 1.23 bits per heavy atom. The van der Waals surface area contributed by atoms with Crippen molar-refractivity contribution >= 4 is 17.8 Å². The number of nitrogens with one attached hydrogen (secondary N) is 1. The molecular weight excluding hydrogens is 336 g/mol. The van der Waals surface area contributed by atoms with Crippen LogP contribution < -0.4 is 5.32 Å². The van der Waals surface area contributed by atoms with Crippen LogP contribution in [0.1, 0.15) is 46.8 Å². The quantitative estimate of drug-likeness (QED) is 0.855. The average molecular weight is 356 g/mol. The number of hydrogen-bond acceptors (Lipinski definition) is 4. The van der Waals surface area contributed by atoms with Gasteiger partial charge in [-0.15, -0.1) is 0 Å². The van der Waals surface area contributed by atoms with Gasteiger partial charge in [0.25, 0.3) is 0 Å². The maximum atomic E-state index is 12.4. The van der Waals surface area contributed by atoms with Crippen molar-refractivity contribution in [1.29, 1.82) is 0 Å². The second kappa shape index (κ2) is 7.43. The summed E-state index contributed by atoms with van der Waals surface area (Å²) in [6.45, 7) is 2.19. The van der Waals surface area contributed by atoms with Crippen LogP contribution in [0.3, 0.4) is 0 Å². The molecule has 3 rings (SSSR count). The van der Waals surface area contributed by atoms with Crippen LogP contribution in [0.5, 0.6) is 0 Å². The molecule has 1 aliphatic rings. The summed E-state index contributed by atoms with van der Waals surface area (Å²) in [4.78, 5) is 36.9. The third-order valence-corrected chi connectivity index (χ3v) is 4.53. The number of furan rings is 1. The molecule has 0 saturated heterocycles. The van der Waals surface area contributed by atoms with Crippen molar-refractivity contribution in [3.63, 3.8) is 0 Å². The molecule has 7 nitrogen and oxygen atoms in total. The monoisotopic (exact) mass is 356 g/mol. The fourth-order valence-electron chi connectivity index (χ4n) is 3.27. The molecule has 136 valence electrons. The molecule has 2 heterocycles. The molecule has 1 atom stereocenters. The topological polar surface area (TPSA) is 99.9 Å². The lowest BCUT2D eigenvalue weighted by atomic mass is 9.90. The summed E-state index contributed by atoms with van der Waals surface area (Å²) in [6.07, 6.45) is 0.918. The van der Waals surface area contributed by atoms with E-state index in [1.807, 2.05) is 24.3 Å². The number of fused-ring (bicyclic) bond motifs is 1. The molecule has 7 heteroatoms. The van der Waals surface area contributed by atoms with Gasteiger partial charge in [0.1, 0.15) is 5.76 Å². The summed E-state index contributed by atoms with van der Waals surface area (Å²) in [5.41, 5.74) is 2.15. The number of aromatic carboxylic acids is 1. The molecule has 2 aromatic rings. The van der Waals surface area contributed by atoms with Gasteiger partial charge in [-0.05, 0) is 29.7 Å². The smallest absolute Gasteiger partial charge is 0.371 e. The second-order valence-electron chi connectivity index (χ2n) is 6.23. The van der Waals surface area contributed by atoms with Crippen LogP contribution in [0, 0.1) is 0 Å². The minimum atomic E-state index is -1.15. The summed E-state index contributed by atoms with van der Waals surface area (Å²) in [5.74, 6) is -1.25. The fraction of sp³-hybridized carbons (Fsp3) is 0.316. The molecule has 0 fully saturated rings. The largest absolute Gasteiger partial charge is 0.475 e. The van der Waals surface area contributed by atoms with Crippen LogP contribution in [-0.4, -0.2) is 34.3 Å². The molecule has 0 saturated carbocycles. The molecule has 0 radical (unpaired) electrons. The summed E-state index contributed by atoms with van der Waals surface area (Å²) >= 11 is 0. The minimum absolute atomic E-state index is 0.0607. The summed E-state index contributed by atoms with van der Waals surface area (Å²) < 4.78 is 5.12. The molecular formula is C19H20N2O5. The van der Waals surface area contributed by atoms with E-state index in [-0.39, 0.29) is 36.6 Å². The predicted molar refractivity (Wildman–Crippen MR) is 92.4 cm³/mol. The molecule has 0 aliphatic carbocycles. The van der Waals surface area contributed by atoms with Crippen LogP contribution in [0.15, 0.2) is 40.8 Å². The first-order valence-corrected chi connectivity index (χ1v) is 8.39. The number of carbonyl (C=O) groups is 3. The van der Waals surface area contributed by atoms with E-state index in [0.29, 0.717) is 12.3 Å². The fourth-order valence-corrected chi connectivity index (χ4v) is 3.27. The Kier molecular flexibility index (Phi) is 5.06. The highest BCUT2D eigenvalue weighted by atomic mass is 16.4. The number of carboxylic acid groups (broad SMARTS) is 1. The number of rotatable bonds is 5. The number of carbonyl (C=O) groups excluding carboxylic acids is 2. The first kappa shape index (κ1) is 17.7. The molecule has 2 amide bonds. The van der Waals surface area contributed by atoms with E-state index in [4.69, 9.17) is 9.52 Å². The van der Waals surface area contributed by atoms with Gasteiger partial charge >= 0.3 is 5.97 Å². The zero-order valence-electron chi connectivity index (χ0n) is 14.4. The van der Waals surface area contributed by atoms with E-state index < -0.39 is 5.97 Å². The zero-order valence-corrected chi connectivity index (χ0v) is 14.4. The average Bonchev–Trinajstić information content (AvgIpc) is 3.09. The Balaban J connectivity index is 1.68. The molecule has 2 N–H and O–H groups in total. The Bertz CT molecular complexity index is 842. The molecule has 0 spiro atoms. The Morgan fingerprint density at radius 2 is 2.00 bits per heavy atom. The number of hydrogen-bond donors (Lipinski definition) is 2. The van der Waals surface area contributed by atoms with E-state index in [0.717, 1.165) is 17.5 Å². The standard InChI is InChI=1S/C19H20N2O5/c1-12(22)21-9-8-13-4-2-3-5-15(13)16(21)10-18(23)20-11-14-6-7-17(26-14)19(24)25/h2-7,16H,8-11H2,1H3,(H,20,23)(H,24,25)/t16-/m0/s1. The van der Waals surface area contributed by atoms with Crippen molar-refractivity contribution in [2.24, 2.45) is 0 Å².